The van der Waals surface area contributed by atoms with Crippen molar-refractivity contribution in [3.05, 3.63) is 65.7 Å². The highest BCUT2D eigenvalue weighted by molar-refractivity contribution is 5.94. The summed E-state index contributed by atoms with van der Waals surface area (Å²) in [5, 5.41) is 3.01. The zero-order chi connectivity index (χ0) is 15.9. The molecule has 0 bridgehead atoms. The standard InChI is InChI=1S/C20H24N2O/c23-20(21-14-6-9-17-7-2-1-3-8-17)18-10-12-19(13-11-18)22-15-4-5-16-22/h1-3,7-8,10-13H,4-6,9,14-16H2,(H,21,23). The molecule has 2 aromatic rings. The first-order valence-electron chi connectivity index (χ1n) is 8.50. The van der Waals surface area contributed by atoms with Crippen LogP contribution in [0, 0.1) is 0 Å². The van der Waals surface area contributed by atoms with E-state index in [9.17, 15) is 4.79 Å². The van der Waals surface area contributed by atoms with Crippen LogP contribution in [0.3, 0.4) is 0 Å². The quantitative estimate of drug-likeness (QED) is 0.826. The van der Waals surface area contributed by atoms with Crippen molar-refractivity contribution in [2.24, 2.45) is 0 Å². The lowest BCUT2D eigenvalue weighted by Crippen LogP contribution is -2.25. The molecule has 1 N–H and O–H groups in total. The van der Waals surface area contributed by atoms with Gasteiger partial charge in [0.1, 0.15) is 0 Å². The molecule has 1 amide bonds. The molecular weight excluding hydrogens is 284 g/mol. The summed E-state index contributed by atoms with van der Waals surface area (Å²) in [4.78, 5) is 14.5. The summed E-state index contributed by atoms with van der Waals surface area (Å²) in [5.41, 5.74) is 3.28. The molecule has 0 unspecified atom stereocenters. The SMILES string of the molecule is O=C(NCCCc1ccccc1)c1ccc(N2CCCC2)cc1. The van der Waals surface area contributed by atoms with E-state index >= 15 is 0 Å². The van der Waals surface area contributed by atoms with Gasteiger partial charge in [0.05, 0.1) is 0 Å². The third-order valence-electron chi connectivity index (χ3n) is 4.37. The number of benzene rings is 2. The zero-order valence-electron chi connectivity index (χ0n) is 13.5. The van der Waals surface area contributed by atoms with Crippen molar-refractivity contribution in [2.75, 3.05) is 24.5 Å². The summed E-state index contributed by atoms with van der Waals surface area (Å²) >= 11 is 0. The maximum atomic E-state index is 12.2. The average Bonchev–Trinajstić information content (AvgIpc) is 3.14. The first kappa shape index (κ1) is 15.6. The van der Waals surface area contributed by atoms with Gasteiger partial charge in [0, 0.05) is 30.9 Å². The molecule has 0 atom stereocenters. The summed E-state index contributed by atoms with van der Waals surface area (Å²) < 4.78 is 0. The predicted molar refractivity (Wildman–Crippen MR) is 95.0 cm³/mol. The highest BCUT2D eigenvalue weighted by Gasteiger charge is 2.12. The number of anilines is 1. The highest BCUT2D eigenvalue weighted by atomic mass is 16.1. The third kappa shape index (κ3) is 4.35. The third-order valence-corrected chi connectivity index (χ3v) is 4.37. The predicted octanol–water partition coefficient (Wildman–Crippen LogP) is 3.65. The van der Waals surface area contributed by atoms with Gasteiger partial charge in [0.2, 0.25) is 0 Å². The van der Waals surface area contributed by atoms with Crippen LogP contribution in [0.4, 0.5) is 5.69 Å². The van der Waals surface area contributed by atoms with E-state index in [-0.39, 0.29) is 5.91 Å². The van der Waals surface area contributed by atoms with Gasteiger partial charge < -0.3 is 10.2 Å². The minimum absolute atomic E-state index is 0.0195. The van der Waals surface area contributed by atoms with Crippen LogP contribution < -0.4 is 10.2 Å². The van der Waals surface area contributed by atoms with Crippen LogP contribution in [0.2, 0.25) is 0 Å². The van der Waals surface area contributed by atoms with Gasteiger partial charge in [0.15, 0.2) is 0 Å². The van der Waals surface area contributed by atoms with Crippen LogP contribution in [0.25, 0.3) is 0 Å². The molecular formula is C20H24N2O. The lowest BCUT2D eigenvalue weighted by atomic mass is 10.1. The fraction of sp³-hybridized carbons (Fsp3) is 0.350. The molecule has 3 rings (SSSR count). The molecule has 1 fully saturated rings. The summed E-state index contributed by atoms with van der Waals surface area (Å²) in [5.74, 6) is 0.0195. The minimum Gasteiger partial charge on any atom is -0.372 e. The van der Waals surface area contributed by atoms with E-state index in [1.807, 2.05) is 18.2 Å². The van der Waals surface area contributed by atoms with E-state index in [1.165, 1.54) is 24.1 Å². The molecule has 0 aromatic heterocycles. The number of aryl methyl sites for hydroxylation is 1. The molecule has 0 radical (unpaired) electrons. The summed E-state index contributed by atoms with van der Waals surface area (Å²) in [7, 11) is 0. The molecule has 2 aromatic carbocycles. The van der Waals surface area contributed by atoms with Crippen LogP contribution in [0.15, 0.2) is 54.6 Å². The Morgan fingerprint density at radius 1 is 0.957 bits per heavy atom. The Morgan fingerprint density at radius 3 is 2.35 bits per heavy atom. The monoisotopic (exact) mass is 308 g/mol. The van der Waals surface area contributed by atoms with Crippen molar-refractivity contribution >= 4 is 11.6 Å². The molecule has 0 saturated carbocycles. The largest absolute Gasteiger partial charge is 0.372 e. The van der Waals surface area contributed by atoms with E-state index < -0.39 is 0 Å². The molecule has 120 valence electrons. The molecule has 1 aliphatic heterocycles. The van der Waals surface area contributed by atoms with Gasteiger partial charge in [-0.1, -0.05) is 30.3 Å². The summed E-state index contributed by atoms with van der Waals surface area (Å²) in [6.45, 7) is 2.97. The molecule has 3 nitrogen and oxygen atoms in total. The number of rotatable bonds is 6. The lowest BCUT2D eigenvalue weighted by Gasteiger charge is -2.17. The fourth-order valence-corrected chi connectivity index (χ4v) is 3.04. The van der Waals surface area contributed by atoms with Crippen LogP contribution in [-0.4, -0.2) is 25.5 Å². The Kier molecular flexibility index (Phi) is 5.30. The van der Waals surface area contributed by atoms with Crippen molar-refractivity contribution < 1.29 is 4.79 Å². The second-order valence-corrected chi connectivity index (χ2v) is 6.09. The van der Waals surface area contributed by atoms with E-state index in [0.29, 0.717) is 6.54 Å². The Hall–Kier alpha value is -2.29. The van der Waals surface area contributed by atoms with Crippen LogP contribution >= 0.6 is 0 Å². The number of nitrogens with one attached hydrogen (secondary N) is 1. The maximum absolute atomic E-state index is 12.2. The van der Waals surface area contributed by atoms with Gasteiger partial charge in [-0.05, 0) is 55.5 Å². The van der Waals surface area contributed by atoms with Crippen molar-refractivity contribution in [3.63, 3.8) is 0 Å². The second kappa shape index (κ2) is 7.82. The van der Waals surface area contributed by atoms with Gasteiger partial charge in [-0.3, -0.25) is 4.79 Å². The Morgan fingerprint density at radius 2 is 1.65 bits per heavy atom. The van der Waals surface area contributed by atoms with Crippen molar-refractivity contribution in [3.8, 4) is 0 Å². The molecule has 0 aliphatic carbocycles. The van der Waals surface area contributed by atoms with Crippen molar-refractivity contribution in [1.82, 2.24) is 5.32 Å². The van der Waals surface area contributed by atoms with Crippen molar-refractivity contribution in [1.29, 1.82) is 0 Å². The normalized spacial score (nSPS) is 14.0. The van der Waals surface area contributed by atoms with Gasteiger partial charge in [-0.25, -0.2) is 0 Å². The zero-order valence-corrected chi connectivity index (χ0v) is 13.5. The minimum atomic E-state index is 0.0195. The molecule has 1 aliphatic rings. The second-order valence-electron chi connectivity index (χ2n) is 6.09. The van der Waals surface area contributed by atoms with E-state index in [0.717, 1.165) is 31.5 Å². The topological polar surface area (TPSA) is 32.3 Å². The summed E-state index contributed by atoms with van der Waals surface area (Å²) in [6, 6.07) is 18.4. The number of hydrogen-bond acceptors (Lipinski definition) is 2. The number of carbonyl (C=O) groups is 1. The Balaban J connectivity index is 1.44. The van der Waals surface area contributed by atoms with E-state index in [1.54, 1.807) is 0 Å². The lowest BCUT2D eigenvalue weighted by molar-refractivity contribution is 0.0953. The maximum Gasteiger partial charge on any atom is 0.251 e. The van der Waals surface area contributed by atoms with E-state index in [2.05, 4.69) is 46.6 Å². The molecule has 0 spiro atoms. The first-order chi connectivity index (χ1) is 11.3. The number of hydrogen-bond donors (Lipinski definition) is 1. The summed E-state index contributed by atoms with van der Waals surface area (Å²) in [6.07, 6.45) is 4.49. The van der Waals surface area contributed by atoms with Gasteiger partial charge >= 0.3 is 0 Å². The Labute approximate surface area is 138 Å². The first-order valence-corrected chi connectivity index (χ1v) is 8.50. The Bertz CT molecular complexity index is 616. The van der Waals surface area contributed by atoms with Gasteiger partial charge in [0.25, 0.3) is 5.91 Å². The molecule has 1 saturated heterocycles. The number of carbonyl (C=O) groups excluding carboxylic acids is 1. The van der Waals surface area contributed by atoms with Crippen molar-refractivity contribution in [2.45, 2.75) is 25.7 Å². The molecule has 3 heteroatoms. The number of amides is 1. The highest BCUT2D eigenvalue weighted by Crippen LogP contribution is 2.20. The van der Waals surface area contributed by atoms with Gasteiger partial charge in [-0.15, -0.1) is 0 Å². The molecule has 23 heavy (non-hydrogen) atoms. The van der Waals surface area contributed by atoms with Crippen LogP contribution in [0.5, 0.6) is 0 Å². The van der Waals surface area contributed by atoms with Crippen LogP contribution in [-0.2, 0) is 6.42 Å². The smallest absolute Gasteiger partial charge is 0.251 e. The van der Waals surface area contributed by atoms with Crippen LogP contribution in [0.1, 0.15) is 35.2 Å². The van der Waals surface area contributed by atoms with E-state index in [4.69, 9.17) is 0 Å². The average molecular weight is 308 g/mol. The molecule has 1 heterocycles. The van der Waals surface area contributed by atoms with Gasteiger partial charge in [-0.2, -0.15) is 0 Å². The number of nitrogens with zero attached hydrogens (tertiary/aromatic N) is 1. The fourth-order valence-electron chi connectivity index (χ4n) is 3.04.